The molecule has 33 heavy (non-hydrogen) atoms. The first kappa shape index (κ1) is 27.5. The second-order valence-electron chi connectivity index (χ2n) is 10.2. The van der Waals surface area contributed by atoms with Crippen molar-refractivity contribution in [1.82, 2.24) is 4.90 Å². The molecule has 1 amide bonds. The summed E-state index contributed by atoms with van der Waals surface area (Å²) in [6.45, 7) is 12.9. The zero-order valence-electron chi connectivity index (χ0n) is 22.4. The van der Waals surface area contributed by atoms with Crippen molar-refractivity contribution in [2.45, 2.75) is 105 Å². The summed E-state index contributed by atoms with van der Waals surface area (Å²) < 4.78 is 4.71. The van der Waals surface area contributed by atoms with Gasteiger partial charge in [0.25, 0.3) is 0 Å². The number of ether oxygens (including phenoxy) is 1. The smallest absolute Gasteiger partial charge is 0.306 e. The molecule has 1 saturated heterocycles. The SMILES string of the molecule is CC.CC.COC(=O)CCC#CC1=CCC2C3CCC4N(C)C(=O)CC[C@]4(C)C3CC[C@]12C. The number of amides is 1. The number of methoxy groups -OCH3 is 1. The maximum Gasteiger partial charge on any atom is 0.306 e. The highest BCUT2D eigenvalue weighted by atomic mass is 16.5. The van der Waals surface area contributed by atoms with Gasteiger partial charge in [0.15, 0.2) is 0 Å². The Morgan fingerprint density at radius 3 is 2.48 bits per heavy atom. The molecule has 0 bridgehead atoms. The van der Waals surface area contributed by atoms with E-state index in [0.717, 1.165) is 31.1 Å². The highest BCUT2D eigenvalue weighted by Crippen LogP contribution is 2.64. The largest absolute Gasteiger partial charge is 0.469 e. The lowest BCUT2D eigenvalue weighted by Crippen LogP contribution is -2.61. The number of piperidine rings is 1. The molecule has 4 heteroatoms. The molecule has 0 N–H and O–H groups in total. The van der Waals surface area contributed by atoms with Gasteiger partial charge in [-0.15, -0.1) is 0 Å². The predicted octanol–water partition coefficient (Wildman–Crippen LogP) is 6.40. The van der Waals surface area contributed by atoms with Crippen LogP contribution in [0.2, 0.25) is 0 Å². The van der Waals surface area contributed by atoms with E-state index >= 15 is 0 Å². The van der Waals surface area contributed by atoms with Gasteiger partial charge in [-0.3, -0.25) is 9.59 Å². The van der Waals surface area contributed by atoms with Crippen LogP contribution in [-0.2, 0) is 14.3 Å². The van der Waals surface area contributed by atoms with Gasteiger partial charge in [0.2, 0.25) is 5.91 Å². The summed E-state index contributed by atoms with van der Waals surface area (Å²) in [5, 5.41) is 0. The van der Waals surface area contributed by atoms with Crippen LogP contribution in [0.3, 0.4) is 0 Å². The summed E-state index contributed by atoms with van der Waals surface area (Å²) in [7, 11) is 3.45. The first-order valence-electron chi connectivity index (χ1n) is 13.3. The first-order valence-corrected chi connectivity index (χ1v) is 13.3. The van der Waals surface area contributed by atoms with Crippen molar-refractivity contribution < 1.29 is 14.3 Å². The van der Waals surface area contributed by atoms with Crippen molar-refractivity contribution in [3.05, 3.63) is 11.6 Å². The molecule has 3 fully saturated rings. The van der Waals surface area contributed by atoms with Gasteiger partial charge >= 0.3 is 5.97 Å². The predicted molar refractivity (Wildman–Crippen MR) is 135 cm³/mol. The zero-order chi connectivity index (χ0) is 24.8. The summed E-state index contributed by atoms with van der Waals surface area (Å²) >= 11 is 0. The van der Waals surface area contributed by atoms with Crippen LogP contribution in [-0.4, -0.2) is 37.0 Å². The molecule has 0 aromatic carbocycles. The molecule has 0 radical (unpaired) electrons. The second kappa shape index (κ2) is 11.6. The van der Waals surface area contributed by atoms with Crippen LogP contribution in [0.4, 0.5) is 0 Å². The Morgan fingerprint density at radius 1 is 1.12 bits per heavy atom. The van der Waals surface area contributed by atoms with Crippen molar-refractivity contribution in [1.29, 1.82) is 0 Å². The third-order valence-electron chi connectivity index (χ3n) is 9.04. The molecule has 1 aliphatic heterocycles. The number of rotatable bonds is 2. The summed E-state index contributed by atoms with van der Waals surface area (Å²) in [5.41, 5.74) is 1.75. The lowest BCUT2D eigenvalue weighted by molar-refractivity contribution is -0.156. The fraction of sp³-hybridized carbons (Fsp3) is 0.793. The van der Waals surface area contributed by atoms with Gasteiger partial charge in [-0.25, -0.2) is 0 Å². The van der Waals surface area contributed by atoms with Crippen molar-refractivity contribution in [3.63, 3.8) is 0 Å². The fourth-order valence-corrected chi connectivity index (χ4v) is 7.34. The van der Waals surface area contributed by atoms with E-state index in [9.17, 15) is 9.59 Å². The third kappa shape index (κ3) is 5.03. The molecule has 186 valence electrons. The van der Waals surface area contributed by atoms with E-state index < -0.39 is 0 Å². The Morgan fingerprint density at radius 2 is 1.82 bits per heavy atom. The minimum absolute atomic E-state index is 0.180. The van der Waals surface area contributed by atoms with E-state index in [1.165, 1.54) is 31.9 Å². The van der Waals surface area contributed by atoms with E-state index in [4.69, 9.17) is 4.74 Å². The van der Waals surface area contributed by atoms with Gasteiger partial charge < -0.3 is 9.64 Å². The number of carbonyl (C=O) groups is 2. The van der Waals surface area contributed by atoms with Crippen molar-refractivity contribution in [2.75, 3.05) is 14.2 Å². The normalized spacial score (nSPS) is 36.2. The Hall–Kier alpha value is -1.76. The fourth-order valence-electron chi connectivity index (χ4n) is 7.34. The van der Waals surface area contributed by atoms with E-state index in [1.54, 1.807) is 0 Å². The highest BCUT2D eigenvalue weighted by Gasteiger charge is 2.59. The minimum Gasteiger partial charge on any atom is -0.469 e. The zero-order valence-corrected chi connectivity index (χ0v) is 22.4. The molecule has 1 heterocycles. The van der Waals surface area contributed by atoms with Crippen LogP contribution < -0.4 is 0 Å². The second-order valence-corrected chi connectivity index (χ2v) is 10.2. The van der Waals surface area contributed by atoms with E-state index in [2.05, 4.69) is 36.7 Å². The van der Waals surface area contributed by atoms with Gasteiger partial charge in [-0.2, -0.15) is 0 Å². The standard InChI is InChI=1S/C25H35NO3.2C2H6/c1-24-15-13-20-18(10-12-21-25(20,2)16-14-22(27)26(21)3)19(24)11-9-17(24)7-5-6-8-23(28)29-4;2*1-2/h9,18-21H,6,8,10-16H2,1-4H3;2*1-2H3/t18?,19?,20?,21?,24-,25-;;/m1../s1. The maximum atomic E-state index is 12.3. The summed E-state index contributed by atoms with van der Waals surface area (Å²) in [6.07, 6.45) is 11.0. The maximum absolute atomic E-state index is 12.3. The topological polar surface area (TPSA) is 46.6 Å². The lowest BCUT2D eigenvalue weighted by atomic mass is 9.47. The molecule has 4 rings (SSSR count). The Bertz CT molecular complexity index is 790. The summed E-state index contributed by atoms with van der Waals surface area (Å²) in [6, 6.07) is 0.418. The number of hydrogen-bond acceptors (Lipinski definition) is 3. The van der Waals surface area contributed by atoms with E-state index in [-0.39, 0.29) is 16.8 Å². The molecule has 0 spiro atoms. The van der Waals surface area contributed by atoms with Crippen LogP contribution in [0.5, 0.6) is 0 Å². The molecule has 4 nitrogen and oxygen atoms in total. The monoisotopic (exact) mass is 457 g/mol. The van der Waals surface area contributed by atoms with Crippen molar-refractivity contribution in [2.24, 2.45) is 28.6 Å². The highest BCUT2D eigenvalue weighted by molar-refractivity contribution is 5.77. The molecular weight excluding hydrogens is 410 g/mol. The number of hydrogen-bond donors (Lipinski definition) is 0. The number of fused-ring (bicyclic) bond motifs is 5. The van der Waals surface area contributed by atoms with Crippen LogP contribution in [0.25, 0.3) is 0 Å². The number of likely N-dealkylation sites (tertiary alicyclic amines) is 1. The number of carbonyl (C=O) groups excluding carboxylic acids is 2. The van der Waals surface area contributed by atoms with Gasteiger partial charge in [0.05, 0.1) is 13.5 Å². The quantitative estimate of drug-likeness (QED) is 0.356. The summed E-state index contributed by atoms with van der Waals surface area (Å²) in [5.74, 6) is 8.92. The molecule has 2 saturated carbocycles. The van der Waals surface area contributed by atoms with Crippen LogP contribution >= 0.6 is 0 Å². The molecule has 4 unspecified atom stereocenters. The third-order valence-corrected chi connectivity index (χ3v) is 9.04. The summed E-state index contributed by atoms with van der Waals surface area (Å²) in [4.78, 5) is 25.7. The lowest BCUT2D eigenvalue weighted by Gasteiger charge is -2.61. The molecular formula is C29H47NO3. The first-order chi connectivity index (χ1) is 15.8. The van der Waals surface area contributed by atoms with Gasteiger partial charge in [-0.05, 0) is 61.7 Å². The Labute approximate surface area is 202 Å². The average Bonchev–Trinajstić information content (AvgIpc) is 3.18. The Kier molecular flexibility index (Phi) is 9.65. The van der Waals surface area contributed by atoms with Gasteiger partial charge in [0, 0.05) is 36.9 Å². The molecule has 6 atom stereocenters. The Balaban J connectivity index is 0.000000914. The van der Waals surface area contributed by atoms with Crippen LogP contribution in [0.1, 0.15) is 99.3 Å². The van der Waals surface area contributed by atoms with E-state index in [0.29, 0.717) is 37.1 Å². The average molecular weight is 458 g/mol. The number of allylic oxidation sites excluding steroid dienone is 2. The molecule has 0 aromatic rings. The molecule has 0 aromatic heterocycles. The van der Waals surface area contributed by atoms with Crippen molar-refractivity contribution >= 4 is 11.9 Å². The van der Waals surface area contributed by atoms with E-state index in [1.807, 2.05) is 34.7 Å². The van der Waals surface area contributed by atoms with Gasteiger partial charge in [0.1, 0.15) is 0 Å². The van der Waals surface area contributed by atoms with Crippen LogP contribution in [0.15, 0.2) is 11.6 Å². The molecule has 4 aliphatic rings. The van der Waals surface area contributed by atoms with Crippen LogP contribution in [0, 0.1) is 40.4 Å². The van der Waals surface area contributed by atoms with Gasteiger partial charge in [-0.1, -0.05) is 59.5 Å². The number of nitrogens with zero attached hydrogens (tertiary/aromatic N) is 1. The number of esters is 1. The molecule has 3 aliphatic carbocycles. The van der Waals surface area contributed by atoms with Crippen molar-refractivity contribution in [3.8, 4) is 11.8 Å². The minimum atomic E-state index is -0.190.